The molecule has 120 valence electrons. The summed E-state index contributed by atoms with van der Waals surface area (Å²) in [7, 11) is 1.59. The lowest BCUT2D eigenvalue weighted by Gasteiger charge is -2.27. The molecule has 0 spiro atoms. The van der Waals surface area contributed by atoms with Crippen molar-refractivity contribution in [1.82, 2.24) is 9.88 Å². The number of nitrogens with zero attached hydrogens (tertiary/aromatic N) is 3. The van der Waals surface area contributed by atoms with Gasteiger partial charge in [-0.15, -0.1) is 0 Å². The van der Waals surface area contributed by atoms with Gasteiger partial charge in [0.1, 0.15) is 5.82 Å². The first kappa shape index (κ1) is 16.2. The van der Waals surface area contributed by atoms with Crippen molar-refractivity contribution >= 4 is 23.4 Å². The van der Waals surface area contributed by atoms with Gasteiger partial charge in [-0.2, -0.15) is 0 Å². The second-order valence-corrected chi connectivity index (χ2v) is 5.57. The van der Waals surface area contributed by atoms with Gasteiger partial charge in [-0.05, 0) is 38.4 Å². The van der Waals surface area contributed by atoms with Gasteiger partial charge in [0, 0.05) is 13.1 Å². The molecule has 7 heteroatoms. The van der Waals surface area contributed by atoms with Gasteiger partial charge in [-0.25, -0.2) is 4.98 Å². The minimum absolute atomic E-state index is 0.0280. The van der Waals surface area contributed by atoms with Gasteiger partial charge >= 0.3 is 5.97 Å². The monoisotopic (exact) mass is 306 g/mol. The largest absolute Gasteiger partial charge is 0.480 e. The van der Waals surface area contributed by atoms with E-state index >= 15 is 0 Å². The molecular formula is C15H22N4O3. The molecule has 2 heterocycles. The van der Waals surface area contributed by atoms with Crippen molar-refractivity contribution in [2.24, 2.45) is 0 Å². The Bertz CT molecular complexity index is 512. The first-order chi connectivity index (χ1) is 10.5. The first-order valence-electron chi connectivity index (χ1n) is 7.46. The summed E-state index contributed by atoms with van der Waals surface area (Å²) in [6.45, 7) is 1.91. The van der Waals surface area contributed by atoms with Crippen LogP contribution in [-0.2, 0) is 9.59 Å². The molecule has 0 saturated carbocycles. The third-order valence-electron chi connectivity index (χ3n) is 3.53. The molecule has 1 saturated heterocycles. The van der Waals surface area contributed by atoms with Crippen LogP contribution in [0, 0.1) is 0 Å². The number of carboxylic acids is 1. The number of aromatic nitrogens is 1. The average Bonchev–Trinajstić information content (AvgIpc) is 2.47. The standard InChI is InChI=1S/C15H22N4O3/c1-18(11-15(21)22)10-14(20)17-12-5-6-13(16-9-12)19-7-3-2-4-8-19/h5-6,9H,2-4,7-8,10-11H2,1H3,(H,17,20)(H,21,22). The summed E-state index contributed by atoms with van der Waals surface area (Å²) in [6, 6.07) is 3.73. The molecule has 7 nitrogen and oxygen atoms in total. The Balaban J connectivity index is 1.85. The number of anilines is 2. The van der Waals surface area contributed by atoms with Crippen molar-refractivity contribution in [2.75, 3.05) is 43.4 Å². The number of carboxylic acid groups (broad SMARTS) is 1. The van der Waals surface area contributed by atoms with Crippen molar-refractivity contribution < 1.29 is 14.7 Å². The Morgan fingerprint density at radius 3 is 2.59 bits per heavy atom. The van der Waals surface area contributed by atoms with Gasteiger partial charge in [0.2, 0.25) is 5.91 Å². The van der Waals surface area contributed by atoms with Gasteiger partial charge in [-0.3, -0.25) is 14.5 Å². The summed E-state index contributed by atoms with van der Waals surface area (Å²) in [4.78, 5) is 30.4. The number of hydrogen-bond acceptors (Lipinski definition) is 5. The normalized spacial score (nSPS) is 14.9. The summed E-state index contributed by atoms with van der Waals surface area (Å²) < 4.78 is 0. The maximum absolute atomic E-state index is 11.8. The van der Waals surface area contributed by atoms with E-state index in [1.807, 2.05) is 12.1 Å². The first-order valence-corrected chi connectivity index (χ1v) is 7.46. The highest BCUT2D eigenvalue weighted by molar-refractivity contribution is 5.92. The van der Waals surface area contributed by atoms with Crippen molar-refractivity contribution in [3.63, 3.8) is 0 Å². The van der Waals surface area contributed by atoms with E-state index in [9.17, 15) is 9.59 Å². The third-order valence-corrected chi connectivity index (χ3v) is 3.53. The maximum Gasteiger partial charge on any atom is 0.317 e. The Labute approximate surface area is 129 Å². The lowest BCUT2D eigenvalue weighted by Crippen LogP contribution is -2.34. The minimum atomic E-state index is -0.956. The lowest BCUT2D eigenvalue weighted by atomic mass is 10.1. The lowest BCUT2D eigenvalue weighted by molar-refractivity contribution is -0.138. The molecule has 0 unspecified atom stereocenters. The van der Waals surface area contributed by atoms with Crippen LogP contribution in [0.15, 0.2) is 18.3 Å². The fourth-order valence-electron chi connectivity index (χ4n) is 2.50. The van der Waals surface area contributed by atoms with Crippen molar-refractivity contribution in [2.45, 2.75) is 19.3 Å². The molecule has 0 radical (unpaired) electrons. The highest BCUT2D eigenvalue weighted by atomic mass is 16.4. The number of carbonyl (C=O) groups is 2. The summed E-state index contributed by atoms with van der Waals surface area (Å²) in [5.74, 6) is -0.278. The SMILES string of the molecule is CN(CC(=O)O)CC(=O)Nc1ccc(N2CCCCC2)nc1. The van der Waals surface area contributed by atoms with Crippen molar-refractivity contribution in [3.8, 4) is 0 Å². The van der Waals surface area contributed by atoms with E-state index < -0.39 is 5.97 Å². The van der Waals surface area contributed by atoms with Crippen molar-refractivity contribution in [1.29, 1.82) is 0 Å². The van der Waals surface area contributed by atoms with Gasteiger partial charge in [0.15, 0.2) is 0 Å². The van der Waals surface area contributed by atoms with Crippen LogP contribution < -0.4 is 10.2 Å². The fraction of sp³-hybridized carbons (Fsp3) is 0.533. The van der Waals surface area contributed by atoms with E-state index in [-0.39, 0.29) is 19.0 Å². The second-order valence-electron chi connectivity index (χ2n) is 5.57. The zero-order valence-electron chi connectivity index (χ0n) is 12.8. The molecule has 2 rings (SSSR count). The fourth-order valence-corrected chi connectivity index (χ4v) is 2.50. The Morgan fingerprint density at radius 2 is 2.00 bits per heavy atom. The number of carbonyl (C=O) groups excluding carboxylic acids is 1. The zero-order chi connectivity index (χ0) is 15.9. The van der Waals surface area contributed by atoms with Gasteiger partial charge in [0.25, 0.3) is 0 Å². The average molecular weight is 306 g/mol. The molecule has 0 aliphatic carbocycles. The smallest absolute Gasteiger partial charge is 0.317 e. The summed E-state index contributed by atoms with van der Waals surface area (Å²) in [5.41, 5.74) is 0.620. The van der Waals surface area contributed by atoms with E-state index in [4.69, 9.17) is 5.11 Å². The quantitative estimate of drug-likeness (QED) is 0.816. The minimum Gasteiger partial charge on any atom is -0.480 e. The van der Waals surface area contributed by atoms with Crippen LogP contribution >= 0.6 is 0 Å². The van der Waals surface area contributed by atoms with Gasteiger partial charge in [-0.1, -0.05) is 0 Å². The molecule has 1 aromatic rings. The Morgan fingerprint density at radius 1 is 1.27 bits per heavy atom. The zero-order valence-corrected chi connectivity index (χ0v) is 12.8. The van der Waals surface area contributed by atoms with E-state index in [1.165, 1.54) is 24.2 Å². The molecule has 0 bridgehead atoms. The van der Waals surface area contributed by atoms with Crippen LogP contribution in [0.25, 0.3) is 0 Å². The van der Waals surface area contributed by atoms with Crippen LogP contribution in [0.4, 0.5) is 11.5 Å². The summed E-state index contributed by atoms with van der Waals surface area (Å²) >= 11 is 0. The summed E-state index contributed by atoms with van der Waals surface area (Å²) in [6.07, 6.45) is 5.29. The molecule has 2 N–H and O–H groups in total. The van der Waals surface area contributed by atoms with Crippen molar-refractivity contribution in [3.05, 3.63) is 18.3 Å². The summed E-state index contributed by atoms with van der Waals surface area (Å²) in [5, 5.41) is 11.4. The molecule has 1 aliphatic rings. The van der Waals surface area contributed by atoms with Crippen LogP contribution in [0.1, 0.15) is 19.3 Å². The van der Waals surface area contributed by atoms with Crippen LogP contribution in [0.2, 0.25) is 0 Å². The predicted molar refractivity (Wildman–Crippen MR) is 84.1 cm³/mol. The van der Waals surface area contributed by atoms with E-state index in [0.29, 0.717) is 5.69 Å². The third kappa shape index (κ3) is 5.00. The van der Waals surface area contributed by atoms with E-state index in [2.05, 4.69) is 15.2 Å². The number of likely N-dealkylation sites (N-methyl/N-ethyl adjacent to an activating group) is 1. The van der Waals surface area contributed by atoms with Crippen LogP contribution in [-0.4, -0.2) is 60.1 Å². The van der Waals surface area contributed by atoms with Crippen LogP contribution in [0.5, 0.6) is 0 Å². The molecule has 1 fully saturated rings. The number of hydrogen-bond donors (Lipinski definition) is 2. The van der Waals surface area contributed by atoms with E-state index in [1.54, 1.807) is 13.2 Å². The molecule has 1 aliphatic heterocycles. The second kappa shape index (κ2) is 7.74. The number of aliphatic carboxylic acids is 1. The highest BCUT2D eigenvalue weighted by Crippen LogP contribution is 2.18. The molecule has 1 aromatic heterocycles. The topological polar surface area (TPSA) is 85.8 Å². The number of amides is 1. The van der Waals surface area contributed by atoms with Gasteiger partial charge < -0.3 is 15.3 Å². The number of pyridine rings is 1. The number of piperidine rings is 1. The molecule has 22 heavy (non-hydrogen) atoms. The molecule has 1 amide bonds. The number of nitrogens with one attached hydrogen (secondary N) is 1. The van der Waals surface area contributed by atoms with Gasteiger partial charge in [0.05, 0.1) is 25.0 Å². The highest BCUT2D eigenvalue weighted by Gasteiger charge is 2.13. The Kier molecular flexibility index (Phi) is 5.71. The number of rotatable bonds is 6. The predicted octanol–water partition coefficient (Wildman–Crippen LogP) is 1.03. The molecular weight excluding hydrogens is 284 g/mol. The van der Waals surface area contributed by atoms with E-state index in [0.717, 1.165) is 18.9 Å². The Hall–Kier alpha value is -2.15. The van der Waals surface area contributed by atoms with Crippen LogP contribution in [0.3, 0.4) is 0 Å². The maximum atomic E-state index is 11.8. The molecule has 0 atom stereocenters. The molecule has 0 aromatic carbocycles.